The number of benzene rings is 2. The summed E-state index contributed by atoms with van der Waals surface area (Å²) in [7, 11) is 0. The highest BCUT2D eigenvalue weighted by molar-refractivity contribution is 5.94. The molecule has 0 aliphatic carbocycles. The Hall–Kier alpha value is -2.95. The summed E-state index contributed by atoms with van der Waals surface area (Å²) >= 11 is 0. The van der Waals surface area contributed by atoms with Crippen molar-refractivity contribution in [2.45, 2.75) is 12.4 Å². The maximum Gasteiger partial charge on any atom is 0.417 e. The van der Waals surface area contributed by atoms with Gasteiger partial charge in [0.1, 0.15) is 0 Å². The first-order chi connectivity index (χ1) is 12.1. The van der Waals surface area contributed by atoms with E-state index in [1.807, 2.05) is 0 Å². The number of rotatable bonds is 2. The van der Waals surface area contributed by atoms with Gasteiger partial charge in [-0.1, -0.05) is 24.0 Å². The zero-order valence-electron chi connectivity index (χ0n) is 13.0. The van der Waals surface area contributed by atoms with Crippen molar-refractivity contribution >= 4 is 5.91 Å². The lowest BCUT2D eigenvalue weighted by molar-refractivity contribution is -0.138. The van der Waals surface area contributed by atoms with Gasteiger partial charge in [0, 0.05) is 11.1 Å². The zero-order valence-corrected chi connectivity index (χ0v) is 13.0. The Kier molecular flexibility index (Phi) is 5.60. The Labute approximate surface area is 144 Å². The topological polar surface area (TPSA) is 29.1 Å². The summed E-state index contributed by atoms with van der Waals surface area (Å²) in [6, 6.07) is 8.27. The van der Waals surface area contributed by atoms with E-state index in [4.69, 9.17) is 0 Å². The Morgan fingerprint density at radius 3 is 2.08 bits per heavy atom. The molecule has 2 nitrogen and oxygen atoms in total. The molecular weight excluding hydrogens is 360 g/mol. The fourth-order valence-electron chi connectivity index (χ4n) is 2.02. The Bertz CT molecular complexity index is 841. The van der Waals surface area contributed by atoms with Crippen molar-refractivity contribution in [1.29, 1.82) is 0 Å². The van der Waals surface area contributed by atoms with Gasteiger partial charge in [0.15, 0.2) is 0 Å². The molecule has 0 aliphatic rings. The molecule has 0 atom stereocenters. The summed E-state index contributed by atoms with van der Waals surface area (Å²) in [6.07, 6.45) is -9.05. The highest BCUT2D eigenvalue weighted by Crippen LogP contribution is 2.31. The molecular formula is C18H11F6NO. The van der Waals surface area contributed by atoms with E-state index in [0.717, 1.165) is 30.3 Å². The van der Waals surface area contributed by atoms with E-state index in [-0.39, 0.29) is 17.7 Å². The third kappa shape index (κ3) is 5.02. The lowest BCUT2D eigenvalue weighted by Crippen LogP contribution is -2.23. The highest BCUT2D eigenvalue weighted by atomic mass is 19.4. The molecule has 1 N–H and O–H groups in total. The van der Waals surface area contributed by atoms with Crippen LogP contribution in [0.25, 0.3) is 0 Å². The van der Waals surface area contributed by atoms with E-state index in [0.29, 0.717) is 0 Å². The molecule has 2 rings (SSSR count). The largest absolute Gasteiger partial charge is 0.417 e. The summed E-state index contributed by atoms with van der Waals surface area (Å²) < 4.78 is 75.8. The van der Waals surface area contributed by atoms with Gasteiger partial charge in [0.25, 0.3) is 5.91 Å². The molecule has 1 amide bonds. The van der Waals surface area contributed by atoms with Crippen LogP contribution in [0.5, 0.6) is 0 Å². The fraction of sp³-hybridized carbons (Fsp3) is 0.167. The second-order valence-corrected chi connectivity index (χ2v) is 5.10. The van der Waals surface area contributed by atoms with Gasteiger partial charge in [-0.2, -0.15) is 26.3 Å². The molecule has 0 saturated heterocycles. The smallest absolute Gasteiger partial charge is 0.341 e. The number of carbonyl (C=O) groups excluding carboxylic acids is 1. The van der Waals surface area contributed by atoms with Crippen LogP contribution in [0, 0.1) is 11.8 Å². The van der Waals surface area contributed by atoms with Gasteiger partial charge in [-0.05, 0) is 36.4 Å². The van der Waals surface area contributed by atoms with Crippen molar-refractivity contribution in [2.75, 3.05) is 6.54 Å². The first-order valence-electron chi connectivity index (χ1n) is 7.19. The number of nitrogens with one attached hydrogen (secondary N) is 1. The molecule has 2 aromatic carbocycles. The van der Waals surface area contributed by atoms with Crippen molar-refractivity contribution < 1.29 is 31.1 Å². The second kappa shape index (κ2) is 7.52. The number of alkyl halides is 6. The minimum atomic E-state index is -4.55. The van der Waals surface area contributed by atoms with Gasteiger partial charge >= 0.3 is 12.4 Å². The van der Waals surface area contributed by atoms with Crippen LogP contribution >= 0.6 is 0 Å². The Morgan fingerprint density at radius 2 is 1.50 bits per heavy atom. The fourth-order valence-corrected chi connectivity index (χ4v) is 2.02. The van der Waals surface area contributed by atoms with Gasteiger partial charge in [-0.3, -0.25) is 4.79 Å². The predicted molar refractivity (Wildman–Crippen MR) is 82.1 cm³/mol. The van der Waals surface area contributed by atoms with E-state index in [2.05, 4.69) is 17.2 Å². The molecule has 0 bridgehead atoms. The van der Waals surface area contributed by atoms with E-state index in [1.165, 1.54) is 18.2 Å². The molecule has 136 valence electrons. The maximum atomic E-state index is 12.8. The number of hydrogen-bond acceptors (Lipinski definition) is 1. The quantitative estimate of drug-likeness (QED) is 0.611. The van der Waals surface area contributed by atoms with Crippen molar-refractivity contribution in [3.8, 4) is 11.8 Å². The van der Waals surface area contributed by atoms with Crippen LogP contribution in [-0.4, -0.2) is 12.5 Å². The monoisotopic (exact) mass is 371 g/mol. The molecule has 26 heavy (non-hydrogen) atoms. The van der Waals surface area contributed by atoms with Crippen molar-refractivity contribution in [3.63, 3.8) is 0 Å². The molecule has 0 radical (unpaired) electrons. The average Bonchev–Trinajstić information content (AvgIpc) is 2.57. The summed E-state index contributed by atoms with van der Waals surface area (Å²) in [5.74, 6) is 4.03. The summed E-state index contributed by atoms with van der Waals surface area (Å²) in [5, 5.41) is 2.31. The third-order valence-corrected chi connectivity index (χ3v) is 3.27. The SMILES string of the molecule is O=C(NCC#Cc1ccccc1C(F)(F)F)c1ccc(C(F)(F)F)cc1. The lowest BCUT2D eigenvalue weighted by Gasteiger charge is -2.08. The third-order valence-electron chi connectivity index (χ3n) is 3.27. The normalized spacial score (nSPS) is 11.5. The molecule has 0 heterocycles. The van der Waals surface area contributed by atoms with Crippen LogP contribution in [0.4, 0.5) is 26.3 Å². The molecule has 0 unspecified atom stereocenters. The molecule has 0 aromatic heterocycles. The van der Waals surface area contributed by atoms with Gasteiger partial charge < -0.3 is 5.32 Å². The molecule has 0 spiro atoms. The number of hydrogen-bond donors (Lipinski definition) is 1. The van der Waals surface area contributed by atoms with Crippen molar-refractivity contribution in [2.24, 2.45) is 0 Å². The van der Waals surface area contributed by atoms with Gasteiger partial charge in [-0.15, -0.1) is 0 Å². The number of amides is 1. The average molecular weight is 371 g/mol. The van der Waals surface area contributed by atoms with Crippen LogP contribution in [0.15, 0.2) is 48.5 Å². The number of carbonyl (C=O) groups is 1. The summed E-state index contributed by atoms with van der Waals surface area (Å²) in [5.41, 5.74) is -2.03. The van der Waals surface area contributed by atoms with Gasteiger partial charge in [0.05, 0.1) is 17.7 Å². The first kappa shape index (κ1) is 19.4. The summed E-state index contributed by atoms with van der Waals surface area (Å²) in [4.78, 5) is 11.8. The van der Waals surface area contributed by atoms with E-state index >= 15 is 0 Å². The molecule has 0 aliphatic heterocycles. The lowest BCUT2D eigenvalue weighted by atomic mass is 10.1. The zero-order chi connectivity index (χ0) is 19.4. The molecule has 2 aromatic rings. The van der Waals surface area contributed by atoms with Crippen LogP contribution in [0.3, 0.4) is 0 Å². The van der Waals surface area contributed by atoms with E-state index in [9.17, 15) is 31.1 Å². The number of halogens is 6. The van der Waals surface area contributed by atoms with Crippen molar-refractivity contribution in [3.05, 3.63) is 70.8 Å². The van der Waals surface area contributed by atoms with Crippen LogP contribution in [0.2, 0.25) is 0 Å². The molecule has 8 heteroatoms. The molecule has 0 fully saturated rings. The maximum absolute atomic E-state index is 12.8. The van der Waals surface area contributed by atoms with Crippen LogP contribution in [0.1, 0.15) is 27.0 Å². The van der Waals surface area contributed by atoms with E-state index < -0.39 is 29.4 Å². The van der Waals surface area contributed by atoms with Crippen molar-refractivity contribution in [1.82, 2.24) is 5.32 Å². The summed E-state index contributed by atoms with van der Waals surface area (Å²) in [6.45, 7) is -0.258. The predicted octanol–water partition coefficient (Wildman–Crippen LogP) is 4.51. The minimum Gasteiger partial charge on any atom is -0.341 e. The minimum absolute atomic E-state index is 0.0181. The van der Waals surface area contributed by atoms with E-state index in [1.54, 1.807) is 0 Å². The molecule has 0 saturated carbocycles. The second-order valence-electron chi connectivity index (χ2n) is 5.10. The first-order valence-corrected chi connectivity index (χ1v) is 7.19. The highest BCUT2D eigenvalue weighted by Gasteiger charge is 2.32. The Morgan fingerprint density at radius 1 is 0.885 bits per heavy atom. The standard InChI is InChI=1S/C18H11F6NO/c19-17(20,21)14-9-7-13(8-10-14)16(26)25-11-3-5-12-4-1-2-6-15(12)18(22,23)24/h1-2,4,6-10H,11H2,(H,25,26). The van der Waals surface area contributed by atoms with Gasteiger partial charge in [0.2, 0.25) is 0 Å². The van der Waals surface area contributed by atoms with Crippen LogP contribution < -0.4 is 5.32 Å². The van der Waals surface area contributed by atoms with Gasteiger partial charge in [-0.25, -0.2) is 0 Å². The Balaban J connectivity index is 2.01. The van der Waals surface area contributed by atoms with Crippen LogP contribution in [-0.2, 0) is 12.4 Å².